The van der Waals surface area contributed by atoms with Crippen molar-refractivity contribution in [1.29, 1.82) is 0 Å². The molecule has 0 saturated carbocycles. The summed E-state index contributed by atoms with van der Waals surface area (Å²) in [7, 11) is 1.63. The number of rotatable bonds is 25. The molecule has 12 heteroatoms. The number of unbranched alkanes of at least 4 members (excludes halogenated alkanes) is 12. The Balaban J connectivity index is 0.0000106. The molecule has 1 saturated heterocycles. The van der Waals surface area contributed by atoms with Crippen LogP contribution in [0.2, 0.25) is 0 Å². The molecule has 262 valence electrons. The largest absolute Gasteiger partial charge is 0.545 e. The van der Waals surface area contributed by atoms with Crippen molar-refractivity contribution >= 4 is 48.0 Å². The zero-order chi connectivity index (χ0) is 32.9. The Morgan fingerprint density at radius 2 is 1.57 bits per heavy atom. The molecular formula is C34H57IN4O7. The summed E-state index contributed by atoms with van der Waals surface area (Å²) in [5.74, 6) is -1.61. The number of carbonyl (C=O) groups is 4. The standard InChI is InChI=1S/C34H56N4O7.HI/c1-4-5-6-7-8-9-10-11-12-13-14-15-16-20-30(28(2)44-3)35-33(42)45-25-18-22-37-27-31(39)38(34(37)43)24-23-36-21-17-19-29(26-36)32(40)41;/h17,19,21,26,28,30H,4-16,18,20,22-25,27H2,1-3H3,(H-,35,40,41,42);1H. The molecule has 2 heterocycles. The fraction of sp³-hybridized carbons (Fsp3) is 0.735. The number of urea groups is 1. The highest BCUT2D eigenvalue weighted by molar-refractivity contribution is 14.0. The molecule has 0 aliphatic carbocycles. The summed E-state index contributed by atoms with van der Waals surface area (Å²) in [5.41, 5.74) is 0.0184. The molecule has 0 spiro atoms. The number of hydrogen-bond acceptors (Lipinski definition) is 7. The molecule has 11 nitrogen and oxygen atoms in total. The zero-order valence-electron chi connectivity index (χ0n) is 28.2. The van der Waals surface area contributed by atoms with Crippen LogP contribution in [0.4, 0.5) is 9.59 Å². The van der Waals surface area contributed by atoms with Gasteiger partial charge >= 0.3 is 12.1 Å². The summed E-state index contributed by atoms with van der Waals surface area (Å²) in [5, 5.41) is 14.0. The van der Waals surface area contributed by atoms with Gasteiger partial charge in [-0.15, -0.1) is 24.0 Å². The van der Waals surface area contributed by atoms with E-state index in [0.717, 1.165) is 24.2 Å². The van der Waals surface area contributed by atoms with Gasteiger partial charge in [0.2, 0.25) is 0 Å². The van der Waals surface area contributed by atoms with Gasteiger partial charge in [-0.05, 0) is 25.8 Å². The Bertz CT molecular complexity index is 1040. The Hall–Kier alpha value is -2.48. The number of aromatic carboxylic acids is 1. The number of imide groups is 1. The number of carboxylic acids is 1. The van der Waals surface area contributed by atoms with Crippen molar-refractivity contribution in [2.24, 2.45) is 0 Å². The minimum absolute atomic E-state index is 0. The number of alkyl carbamates (subject to hydrolysis) is 1. The Kier molecular flexibility index (Phi) is 22.3. The molecule has 1 aromatic heterocycles. The second-order valence-electron chi connectivity index (χ2n) is 12.1. The number of aromatic nitrogens is 1. The molecule has 1 aliphatic heterocycles. The topological polar surface area (TPSA) is 132 Å². The lowest BCUT2D eigenvalue weighted by molar-refractivity contribution is -0.696. The van der Waals surface area contributed by atoms with Gasteiger partial charge in [-0.2, -0.15) is 0 Å². The van der Waals surface area contributed by atoms with Crippen LogP contribution in [-0.2, 0) is 20.8 Å². The van der Waals surface area contributed by atoms with Gasteiger partial charge in [0.25, 0.3) is 5.91 Å². The van der Waals surface area contributed by atoms with Gasteiger partial charge in [0.05, 0.1) is 36.8 Å². The molecule has 1 aliphatic rings. The minimum Gasteiger partial charge on any atom is -0.545 e. The highest BCUT2D eigenvalue weighted by atomic mass is 127. The molecule has 0 bridgehead atoms. The van der Waals surface area contributed by atoms with Crippen LogP contribution in [-0.4, -0.2) is 79.3 Å². The maximum atomic E-state index is 12.7. The first-order chi connectivity index (χ1) is 21.8. The zero-order valence-corrected chi connectivity index (χ0v) is 30.5. The molecule has 1 N–H and O–H groups in total. The van der Waals surface area contributed by atoms with E-state index >= 15 is 0 Å². The molecule has 4 amide bonds. The van der Waals surface area contributed by atoms with Crippen molar-refractivity contribution in [2.45, 2.75) is 129 Å². The molecule has 1 fully saturated rings. The number of ether oxygens (including phenoxy) is 2. The molecule has 0 aromatic carbocycles. The average Bonchev–Trinajstić information content (AvgIpc) is 3.30. The normalized spacial score (nSPS) is 14.2. The molecule has 2 rings (SSSR count). The van der Waals surface area contributed by atoms with E-state index in [1.54, 1.807) is 23.9 Å². The quantitative estimate of drug-likeness (QED) is 0.0626. The molecule has 1 aromatic rings. The minimum atomic E-state index is -1.29. The van der Waals surface area contributed by atoms with E-state index < -0.39 is 18.1 Å². The highest BCUT2D eigenvalue weighted by Gasteiger charge is 2.36. The summed E-state index contributed by atoms with van der Waals surface area (Å²) >= 11 is 0. The first-order valence-electron chi connectivity index (χ1n) is 17.0. The summed E-state index contributed by atoms with van der Waals surface area (Å²) in [6.07, 6.45) is 20.4. The van der Waals surface area contributed by atoms with Gasteiger partial charge in [0, 0.05) is 19.7 Å². The fourth-order valence-electron chi connectivity index (χ4n) is 5.57. The number of carbonyl (C=O) groups excluding carboxylic acids is 4. The van der Waals surface area contributed by atoms with Crippen molar-refractivity contribution < 1.29 is 38.3 Å². The summed E-state index contributed by atoms with van der Waals surface area (Å²) in [6.45, 7) is 4.92. The molecule has 46 heavy (non-hydrogen) atoms. The third kappa shape index (κ3) is 16.4. The number of nitrogens with one attached hydrogen (secondary N) is 1. The predicted molar refractivity (Wildman–Crippen MR) is 185 cm³/mol. The van der Waals surface area contributed by atoms with E-state index in [4.69, 9.17) is 9.47 Å². The molecule has 2 unspecified atom stereocenters. The number of halogens is 1. The third-order valence-electron chi connectivity index (χ3n) is 8.47. The first-order valence-corrected chi connectivity index (χ1v) is 17.0. The lowest BCUT2D eigenvalue weighted by atomic mass is 10.0. The van der Waals surface area contributed by atoms with Crippen LogP contribution in [0.1, 0.15) is 121 Å². The van der Waals surface area contributed by atoms with Crippen LogP contribution < -0.4 is 15.0 Å². The van der Waals surface area contributed by atoms with E-state index in [0.29, 0.717) is 6.42 Å². The smallest absolute Gasteiger partial charge is 0.407 e. The fourth-order valence-corrected chi connectivity index (χ4v) is 5.57. The van der Waals surface area contributed by atoms with E-state index in [1.807, 2.05) is 6.92 Å². The van der Waals surface area contributed by atoms with E-state index in [1.165, 1.54) is 87.8 Å². The number of nitrogens with zero attached hydrogens (tertiary/aromatic N) is 3. The molecule has 0 radical (unpaired) electrons. The lowest BCUT2D eigenvalue weighted by Gasteiger charge is -2.24. The Morgan fingerprint density at radius 1 is 0.957 bits per heavy atom. The van der Waals surface area contributed by atoms with Crippen LogP contribution in [0.25, 0.3) is 0 Å². The number of amides is 4. The van der Waals surface area contributed by atoms with Crippen LogP contribution in [0.5, 0.6) is 0 Å². The van der Waals surface area contributed by atoms with E-state index in [-0.39, 0.29) is 80.4 Å². The second-order valence-corrected chi connectivity index (χ2v) is 12.1. The number of pyridine rings is 1. The van der Waals surface area contributed by atoms with Crippen LogP contribution in [0.3, 0.4) is 0 Å². The SMILES string of the molecule is CCCCCCCCCCCCCCCC(NC(=O)OCCCN1CC(=O)N(CC[n+]2cccc(C(=O)[O-])c2)C1=O)C(C)OC.I. The van der Waals surface area contributed by atoms with Gasteiger partial charge in [0.15, 0.2) is 18.9 Å². The van der Waals surface area contributed by atoms with E-state index in [2.05, 4.69) is 12.2 Å². The van der Waals surface area contributed by atoms with Gasteiger partial charge in [0.1, 0.15) is 6.54 Å². The molecule has 2 atom stereocenters. The molecular weight excluding hydrogens is 703 g/mol. The van der Waals surface area contributed by atoms with Crippen molar-refractivity contribution in [3.63, 3.8) is 0 Å². The summed E-state index contributed by atoms with van der Waals surface area (Å²) < 4.78 is 12.5. The van der Waals surface area contributed by atoms with Gasteiger partial charge in [-0.1, -0.05) is 90.4 Å². The lowest BCUT2D eigenvalue weighted by Crippen LogP contribution is -2.44. The van der Waals surface area contributed by atoms with Crippen LogP contribution in [0.15, 0.2) is 24.5 Å². The van der Waals surface area contributed by atoms with Crippen molar-refractivity contribution in [3.05, 3.63) is 30.1 Å². The predicted octanol–water partition coefficient (Wildman–Crippen LogP) is 5.22. The van der Waals surface area contributed by atoms with Crippen LogP contribution >= 0.6 is 24.0 Å². The second kappa shape index (κ2) is 24.7. The van der Waals surface area contributed by atoms with Crippen molar-refractivity contribution in [3.8, 4) is 0 Å². The van der Waals surface area contributed by atoms with Crippen molar-refractivity contribution in [2.75, 3.05) is 33.4 Å². The van der Waals surface area contributed by atoms with Gasteiger partial charge in [-0.25, -0.2) is 14.2 Å². The highest BCUT2D eigenvalue weighted by Crippen LogP contribution is 2.15. The monoisotopic (exact) mass is 760 g/mol. The maximum absolute atomic E-state index is 12.7. The number of hydrogen-bond donors (Lipinski definition) is 1. The Labute approximate surface area is 292 Å². The summed E-state index contributed by atoms with van der Waals surface area (Å²) in [6, 6.07) is 2.43. The number of carboxylic acid groups (broad SMARTS) is 1. The first kappa shape index (κ1) is 41.5. The van der Waals surface area contributed by atoms with Crippen molar-refractivity contribution in [1.82, 2.24) is 15.1 Å². The average molecular weight is 761 g/mol. The van der Waals surface area contributed by atoms with Crippen LogP contribution in [0, 0.1) is 0 Å². The van der Waals surface area contributed by atoms with Gasteiger partial charge < -0.3 is 29.6 Å². The maximum Gasteiger partial charge on any atom is 0.407 e. The van der Waals surface area contributed by atoms with Gasteiger partial charge in [-0.3, -0.25) is 9.69 Å². The summed E-state index contributed by atoms with van der Waals surface area (Å²) in [4.78, 5) is 51.3. The number of methoxy groups -OCH3 is 1. The van der Waals surface area contributed by atoms with E-state index in [9.17, 15) is 24.3 Å². The third-order valence-corrected chi connectivity index (χ3v) is 8.47. The Morgan fingerprint density at radius 3 is 2.15 bits per heavy atom.